The molecule has 2 aliphatic heterocycles. The number of piperazine rings is 1. The molecule has 2 N–H and O–H groups in total. The number of aromatic hydroxyl groups is 1. The molecule has 41 heavy (non-hydrogen) atoms. The molecule has 6 rings (SSSR count). The van der Waals surface area contributed by atoms with Crippen molar-refractivity contribution in [2.75, 3.05) is 38.1 Å². The number of nitrogens with zero attached hydrogens (tertiary/aromatic N) is 3. The van der Waals surface area contributed by atoms with Gasteiger partial charge in [-0.15, -0.1) is 0 Å². The van der Waals surface area contributed by atoms with Gasteiger partial charge in [-0.05, 0) is 102 Å². The summed E-state index contributed by atoms with van der Waals surface area (Å²) >= 11 is 0. The van der Waals surface area contributed by atoms with Crippen molar-refractivity contribution in [3.05, 3.63) is 118 Å². The van der Waals surface area contributed by atoms with E-state index in [1.165, 1.54) is 12.1 Å². The van der Waals surface area contributed by atoms with Crippen molar-refractivity contribution in [2.24, 2.45) is 4.99 Å². The Balaban J connectivity index is 1.26. The summed E-state index contributed by atoms with van der Waals surface area (Å²) in [6, 6.07) is 21.8. The van der Waals surface area contributed by atoms with Crippen molar-refractivity contribution in [1.82, 2.24) is 10.2 Å². The summed E-state index contributed by atoms with van der Waals surface area (Å²) in [5.41, 5.74) is 6.38. The Kier molecular flexibility index (Phi) is 7.24. The number of nitrogens with one attached hydrogen (secondary N) is 1. The third-order valence-electron chi connectivity index (χ3n) is 7.72. The smallest absolute Gasteiger partial charge is 0.256 e. The zero-order valence-corrected chi connectivity index (χ0v) is 22.7. The molecule has 1 saturated heterocycles. The first-order valence-electron chi connectivity index (χ1n) is 13.6. The molecule has 0 unspecified atom stereocenters. The molecule has 4 aromatic carbocycles. The van der Waals surface area contributed by atoms with E-state index in [-0.39, 0.29) is 18.1 Å². The lowest BCUT2D eigenvalue weighted by Crippen LogP contribution is -2.44. The van der Waals surface area contributed by atoms with Crippen molar-refractivity contribution < 1.29 is 18.7 Å². The molecular formula is C33H30F2N4O2. The molecule has 208 valence electrons. The molecule has 0 aliphatic carbocycles. The quantitative estimate of drug-likeness (QED) is 0.349. The van der Waals surface area contributed by atoms with E-state index < -0.39 is 11.6 Å². The van der Waals surface area contributed by atoms with Gasteiger partial charge in [0.15, 0.2) is 0 Å². The molecule has 2 heterocycles. The van der Waals surface area contributed by atoms with Crippen molar-refractivity contribution in [3.8, 4) is 16.9 Å². The molecular weight excluding hydrogens is 522 g/mol. The van der Waals surface area contributed by atoms with Crippen LogP contribution in [0, 0.1) is 11.6 Å². The average Bonchev–Trinajstić information content (AvgIpc) is 3.34. The van der Waals surface area contributed by atoms with Gasteiger partial charge in [0.2, 0.25) is 0 Å². The molecule has 0 radical (unpaired) electrons. The van der Waals surface area contributed by atoms with Gasteiger partial charge in [0.05, 0.1) is 6.54 Å². The minimum Gasteiger partial charge on any atom is -0.508 e. The maximum Gasteiger partial charge on any atom is 0.256 e. The SMILES string of the molecule is CN1CCN(c2ccc(C(=O)NC3=NCc4cc(-c5ccc(O)cc5)c(Cc5cc(F)cc(F)c5)cc43)cc2)CC1. The molecule has 0 bridgehead atoms. The number of hydrogen-bond acceptors (Lipinski definition) is 5. The first kappa shape index (κ1) is 26.7. The van der Waals surface area contributed by atoms with Crippen LogP contribution in [-0.2, 0) is 13.0 Å². The summed E-state index contributed by atoms with van der Waals surface area (Å²) in [6.45, 7) is 4.31. The number of hydrogen-bond donors (Lipinski definition) is 2. The van der Waals surface area contributed by atoms with Gasteiger partial charge in [-0.1, -0.05) is 12.1 Å². The largest absolute Gasteiger partial charge is 0.508 e. The monoisotopic (exact) mass is 552 g/mol. The summed E-state index contributed by atoms with van der Waals surface area (Å²) in [7, 11) is 2.12. The zero-order valence-electron chi connectivity index (χ0n) is 22.7. The summed E-state index contributed by atoms with van der Waals surface area (Å²) in [5, 5.41) is 12.8. The fourth-order valence-corrected chi connectivity index (χ4v) is 5.45. The fraction of sp³-hybridized carbons (Fsp3) is 0.212. The van der Waals surface area contributed by atoms with Crippen molar-refractivity contribution in [1.29, 1.82) is 0 Å². The van der Waals surface area contributed by atoms with Crippen LogP contribution in [0.4, 0.5) is 14.5 Å². The van der Waals surface area contributed by atoms with Crippen molar-refractivity contribution in [3.63, 3.8) is 0 Å². The first-order chi connectivity index (χ1) is 19.8. The summed E-state index contributed by atoms with van der Waals surface area (Å²) in [5.74, 6) is -0.912. The Labute approximate surface area is 237 Å². The van der Waals surface area contributed by atoms with Crippen LogP contribution in [0.25, 0.3) is 11.1 Å². The van der Waals surface area contributed by atoms with E-state index in [1.807, 2.05) is 36.4 Å². The number of aliphatic imine (C=N–C) groups is 1. The Bertz CT molecular complexity index is 1610. The number of fused-ring (bicyclic) bond motifs is 1. The molecule has 6 nitrogen and oxygen atoms in total. The van der Waals surface area contributed by atoms with Crippen LogP contribution in [0.5, 0.6) is 5.75 Å². The van der Waals surface area contributed by atoms with Gasteiger partial charge in [0.1, 0.15) is 23.2 Å². The van der Waals surface area contributed by atoms with E-state index in [0.29, 0.717) is 23.5 Å². The van der Waals surface area contributed by atoms with Crippen LogP contribution in [-0.4, -0.2) is 55.0 Å². The number of likely N-dealkylation sites (N-methyl/N-ethyl adjacent to an activating group) is 1. The maximum absolute atomic E-state index is 14.0. The van der Waals surface area contributed by atoms with Gasteiger partial charge >= 0.3 is 0 Å². The Hall–Kier alpha value is -4.56. The standard InChI is InChI=1S/C33H30F2N4O2/c1-38-10-12-39(13-11-38)28-6-2-23(3-7-28)33(41)37-32-31-17-24(14-21-15-26(34)19-27(35)16-21)30(18-25(31)20-36-32)22-4-8-29(40)9-5-22/h2-9,15-19,40H,10-14,20H2,1H3,(H,36,37,41). The topological polar surface area (TPSA) is 68.2 Å². The van der Waals surface area contributed by atoms with Gasteiger partial charge < -0.3 is 20.2 Å². The van der Waals surface area contributed by atoms with Crippen LogP contribution in [0.2, 0.25) is 0 Å². The van der Waals surface area contributed by atoms with Crippen LogP contribution in [0.3, 0.4) is 0 Å². The predicted octanol–water partition coefficient (Wildman–Crippen LogP) is 5.37. The summed E-state index contributed by atoms with van der Waals surface area (Å²) in [6.07, 6.45) is 0.271. The zero-order chi connectivity index (χ0) is 28.5. The molecule has 1 amide bonds. The molecule has 0 aromatic heterocycles. The predicted molar refractivity (Wildman–Crippen MR) is 157 cm³/mol. The molecule has 0 spiro atoms. The molecule has 0 atom stereocenters. The minimum atomic E-state index is -0.638. The van der Waals surface area contributed by atoms with Gasteiger partial charge in [0.25, 0.3) is 5.91 Å². The molecule has 4 aromatic rings. The highest BCUT2D eigenvalue weighted by Gasteiger charge is 2.22. The number of phenols is 1. The lowest BCUT2D eigenvalue weighted by molar-refractivity contribution is 0.0977. The normalized spacial score (nSPS) is 15.0. The number of amides is 1. The average molecular weight is 553 g/mol. The Morgan fingerprint density at radius 1 is 0.878 bits per heavy atom. The van der Waals surface area contributed by atoms with Crippen LogP contribution >= 0.6 is 0 Å². The third kappa shape index (κ3) is 5.83. The van der Waals surface area contributed by atoms with Crippen molar-refractivity contribution in [2.45, 2.75) is 13.0 Å². The van der Waals surface area contributed by atoms with Gasteiger partial charge in [-0.3, -0.25) is 9.79 Å². The second-order valence-electron chi connectivity index (χ2n) is 10.6. The van der Waals surface area contributed by atoms with Gasteiger partial charge in [0, 0.05) is 49.1 Å². The number of benzene rings is 4. The van der Waals surface area contributed by atoms with E-state index in [9.17, 15) is 18.7 Å². The number of carbonyl (C=O) groups excluding carboxylic acids is 1. The molecule has 8 heteroatoms. The lowest BCUT2D eigenvalue weighted by atomic mass is 9.90. The van der Waals surface area contributed by atoms with Crippen LogP contribution in [0.15, 0.2) is 83.9 Å². The second kappa shape index (κ2) is 11.1. The Morgan fingerprint density at radius 3 is 2.24 bits per heavy atom. The van der Waals surface area contributed by atoms with E-state index in [2.05, 4.69) is 27.2 Å². The third-order valence-corrected chi connectivity index (χ3v) is 7.72. The first-order valence-corrected chi connectivity index (χ1v) is 13.6. The van der Waals surface area contributed by atoms with E-state index in [4.69, 9.17) is 0 Å². The van der Waals surface area contributed by atoms with E-state index >= 15 is 0 Å². The van der Waals surface area contributed by atoms with E-state index in [1.54, 1.807) is 24.3 Å². The van der Waals surface area contributed by atoms with Crippen molar-refractivity contribution >= 4 is 17.4 Å². The number of anilines is 1. The second-order valence-corrected chi connectivity index (χ2v) is 10.6. The highest BCUT2D eigenvalue weighted by molar-refractivity contribution is 6.14. The number of amidine groups is 1. The highest BCUT2D eigenvalue weighted by Crippen LogP contribution is 2.33. The van der Waals surface area contributed by atoms with Crippen LogP contribution in [0.1, 0.15) is 32.6 Å². The number of halogens is 2. The minimum absolute atomic E-state index is 0.147. The maximum atomic E-state index is 14.0. The number of rotatable bonds is 5. The molecule has 0 saturated carbocycles. The summed E-state index contributed by atoms with van der Waals surface area (Å²) in [4.78, 5) is 22.4. The van der Waals surface area contributed by atoms with E-state index in [0.717, 1.165) is 65.8 Å². The Morgan fingerprint density at radius 2 is 1.56 bits per heavy atom. The van der Waals surface area contributed by atoms with Gasteiger partial charge in [-0.2, -0.15) is 0 Å². The fourth-order valence-electron chi connectivity index (χ4n) is 5.45. The summed E-state index contributed by atoms with van der Waals surface area (Å²) < 4.78 is 28.0. The lowest BCUT2D eigenvalue weighted by Gasteiger charge is -2.34. The number of phenolic OH excluding ortho intramolecular Hbond substituents is 1. The van der Waals surface area contributed by atoms with Crippen LogP contribution < -0.4 is 10.2 Å². The molecule has 1 fully saturated rings. The van der Waals surface area contributed by atoms with Gasteiger partial charge in [-0.25, -0.2) is 8.78 Å². The highest BCUT2D eigenvalue weighted by atomic mass is 19.1. The molecule has 2 aliphatic rings. The number of carbonyl (C=O) groups is 1.